The third-order valence-corrected chi connectivity index (χ3v) is 4.97. The molecular weight excluding hydrogens is 368 g/mol. The summed E-state index contributed by atoms with van der Waals surface area (Å²) in [6.45, 7) is 5.31. The number of benzene rings is 2. The summed E-state index contributed by atoms with van der Waals surface area (Å²) in [7, 11) is 1.54. The Morgan fingerprint density at radius 2 is 2.00 bits per heavy atom. The molecule has 6 nitrogen and oxygen atoms in total. The third-order valence-electron chi connectivity index (χ3n) is 4.97. The number of amides is 2. The van der Waals surface area contributed by atoms with E-state index in [2.05, 4.69) is 24.5 Å². The van der Waals surface area contributed by atoms with Crippen molar-refractivity contribution < 1.29 is 19.1 Å². The summed E-state index contributed by atoms with van der Waals surface area (Å²) >= 11 is 0. The zero-order valence-electron chi connectivity index (χ0n) is 17.2. The minimum absolute atomic E-state index is 0.0137. The molecular formula is C23H28N2O4. The number of carbonyl (C=O) groups excluding carboxylic acids is 2. The summed E-state index contributed by atoms with van der Waals surface area (Å²) in [5, 5.41) is 5.89. The van der Waals surface area contributed by atoms with Gasteiger partial charge in [0.05, 0.1) is 18.6 Å². The average Bonchev–Trinajstić information content (AvgIpc) is 2.72. The molecule has 154 valence electrons. The van der Waals surface area contributed by atoms with Crippen LogP contribution in [0.3, 0.4) is 0 Å². The van der Waals surface area contributed by atoms with E-state index in [0.717, 1.165) is 17.7 Å². The molecule has 0 aliphatic carbocycles. The van der Waals surface area contributed by atoms with Gasteiger partial charge in [-0.05, 0) is 54.7 Å². The van der Waals surface area contributed by atoms with E-state index >= 15 is 0 Å². The Morgan fingerprint density at radius 3 is 2.76 bits per heavy atom. The fourth-order valence-corrected chi connectivity index (χ4v) is 3.30. The lowest BCUT2D eigenvalue weighted by Crippen LogP contribution is -2.38. The maximum atomic E-state index is 12.6. The molecule has 1 heterocycles. The highest BCUT2D eigenvalue weighted by Crippen LogP contribution is 2.30. The molecule has 2 aromatic rings. The predicted molar refractivity (Wildman–Crippen MR) is 113 cm³/mol. The summed E-state index contributed by atoms with van der Waals surface area (Å²) < 4.78 is 11.0. The van der Waals surface area contributed by atoms with Crippen molar-refractivity contribution in [3.63, 3.8) is 0 Å². The number of hydrogen-bond donors (Lipinski definition) is 2. The van der Waals surface area contributed by atoms with Gasteiger partial charge in [0.2, 0.25) is 5.91 Å². The number of fused-ring (bicyclic) bond motifs is 1. The zero-order valence-corrected chi connectivity index (χ0v) is 17.2. The lowest BCUT2D eigenvalue weighted by atomic mass is 9.95. The second kappa shape index (κ2) is 9.45. The van der Waals surface area contributed by atoms with Crippen LogP contribution in [0, 0.1) is 11.8 Å². The zero-order chi connectivity index (χ0) is 20.8. The van der Waals surface area contributed by atoms with E-state index in [1.807, 2.05) is 18.2 Å². The molecule has 0 saturated carbocycles. The van der Waals surface area contributed by atoms with Gasteiger partial charge in [-0.1, -0.05) is 26.0 Å². The van der Waals surface area contributed by atoms with Crippen molar-refractivity contribution in [2.45, 2.75) is 26.7 Å². The number of hydrogen-bond acceptors (Lipinski definition) is 4. The van der Waals surface area contributed by atoms with Crippen LogP contribution in [0.4, 0.5) is 5.69 Å². The van der Waals surface area contributed by atoms with Crippen molar-refractivity contribution in [3.8, 4) is 11.5 Å². The van der Waals surface area contributed by atoms with Gasteiger partial charge in [0.15, 0.2) is 0 Å². The molecule has 3 rings (SSSR count). The second-order valence-electron chi connectivity index (χ2n) is 7.66. The smallest absolute Gasteiger partial charge is 0.259 e. The summed E-state index contributed by atoms with van der Waals surface area (Å²) in [6.07, 6.45) is 1.54. The monoisotopic (exact) mass is 396 g/mol. The molecule has 0 aromatic heterocycles. The lowest BCUT2D eigenvalue weighted by Gasteiger charge is -2.25. The fourth-order valence-electron chi connectivity index (χ4n) is 3.30. The van der Waals surface area contributed by atoms with Gasteiger partial charge in [0.1, 0.15) is 18.1 Å². The van der Waals surface area contributed by atoms with Gasteiger partial charge in [0.25, 0.3) is 5.91 Å². The Labute approximate surface area is 171 Å². The van der Waals surface area contributed by atoms with Crippen LogP contribution in [0.25, 0.3) is 0 Å². The molecule has 6 heteroatoms. The number of anilines is 1. The fraction of sp³-hybridized carbons (Fsp3) is 0.391. The Hall–Kier alpha value is -3.02. The van der Waals surface area contributed by atoms with Crippen molar-refractivity contribution >= 4 is 17.5 Å². The first-order chi connectivity index (χ1) is 14.0. The maximum Gasteiger partial charge on any atom is 0.259 e. The molecule has 0 spiro atoms. The van der Waals surface area contributed by atoms with Gasteiger partial charge in [0, 0.05) is 12.2 Å². The summed E-state index contributed by atoms with van der Waals surface area (Å²) in [6, 6.07) is 12.6. The lowest BCUT2D eigenvalue weighted by molar-refractivity contribution is -0.126. The number of para-hydroxylation sites is 1. The molecule has 0 saturated heterocycles. The van der Waals surface area contributed by atoms with Gasteiger partial charge in [-0.3, -0.25) is 9.59 Å². The van der Waals surface area contributed by atoms with Crippen LogP contribution in [0.1, 0.15) is 36.2 Å². The SMILES string of the molecule is COc1ccccc1C(=O)Nc1ccc2c(c1)C[C@@H](C(=O)NCCC(C)C)CO2. The predicted octanol–water partition coefficient (Wildman–Crippen LogP) is 3.66. The van der Waals surface area contributed by atoms with Crippen molar-refractivity contribution in [1.29, 1.82) is 0 Å². The molecule has 0 fully saturated rings. The number of rotatable bonds is 7. The van der Waals surface area contributed by atoms with E-state index in [0.29, 0.717) is 42.5 Å². The topological polar surface area (TPSA) is 76.7 Å². The number of nitrogens with one attached hydrogen (secondary N) is 2. The van der Waals surface area contributed by atoms with Gasteiger partial charge >= 0.3 is 0 Å². The molecule has 0 radical (unpaired) electrons. The molecule has 1 atom stereocenters. The minimum Gasteiger partial charge on any atom is -0.496 e. The molecule has 29 heavy (non-hydrogen) atoms. The van der Waals surface area contributed by atoms with Gasteiger partial charge in [-0.25, -0.2) is 0 Å². The van der Waals surface area contributed by atoms with E-state index in [4.69, 9.17) is 9.47 Å². The first kappa shape index (κ1) is 20.7. The highest BCUT2D eigenvalue weighted by atomic mass is 16.5. The average molecular weight is 396 g/mol. The quantitative estimate of drug-likeness (QED) is 0.749. The summed E-state index contributed by atoms with van der Waals surface area (Å²) in [5.41, 5.74) is 2.04. The Bertz CT molecular complexity index is 879. The van der Waals surface area contributed by atoms with E-state index in [1.54, 1.807) is 24.3 Å². The van der Waals surface area contributed by atoms with E-state index < -0.39 is 0 Å². The van der Waals surface area contributed by atoms with Crippen LogP contribution >= 0.6 is 0 Å². The van der Waals surface area contributed by atoms with Gasteiger partial charge in [-0.2, -0.15) is 0 Å². The van der Waals surface area contributed by atoms with E-state index in [9.17, 15) is 9.59 Å². The molecule has 1 aliphatic heterocycles. The van der Waals surface area contributed by atoms with Crippen LogP contribution in [-0.4, -0.2) is 32.1 Å². The summed E-state index contributed by atoms with van der Waals surface area (Å²) in [5.74, 6) is 1.36. The second-order valence-corrected chi connectivity index (χ2v) is 7.66. The summed E-state index contributed by atoms with van der Waals surface area (Å²) in [4.78, 5) is 25.1. The molecule has 1 aliphatic rings. The maximum absolute atomic E-state index is 12.6. The van der Waals surface area contributed by atoms with Crippen LogP contribution in [0.5, 0.6) is 11.5 Å². The highest BCUT2D eigenvalue weighted by molar-refractivity contribution is 6.06. The van der Waals surface area contributed by atoms with Crippen molar-refractivity contribution in [2.24, 2.45) is 11.8 Å². The van der Waals surface area contributed by atoms with Crippen LogP contribution in [0.15, 0.2) is 42.5 Å². The first-order valence-corrected chi connectivity index (χ1v) is 9.95. The third kappa shape index (κ3) is 5.28. The largest absolute Gasteiger partial charge is 0.496 e. The van der Waals surface area contributed by atoms with Crippen molar-refractivity contribution in [3.05, 3.63) is 53.6 Å². The van der Waals surface area contributed by atoms with Gasteiger partial charge < -0.3 is 20.1 Å². The van der Waals surface area contributed by atoms with Crippen LogP contribution in [-0.2, 0) is 11.2 Å². The molecule has 2 aromatic carbocycles. The number of carbonyl (C=O) groups is 2. The standard InChI is InChI=1S/C23H28N2O4/c1-15(2)10-11-24-22(26)17-12-16-13-18(8-9-20(16)29-14-17)25-23(27)19-6-4-5-7-21(19)28-3/h4-9,13,15,17H,10-12,14H2,1-3H3,(H,24,26)(H,25,27)/t17-/m1/s1. The number of ether oxygens (including phenoxy) is 2. The molecule has 0 unspecified atom stereocenters. The molecule has 2 N–H and O–H groups in total. The van der Waals surface area contributed by atoms with Crippen LogP contribution < -0.4 is 20.1 Å². The van der Waals surface area contributed by atoms with E-state index in [1.165, 1.54) is 7.11 Å². The first-order valence-electron chi connectivity index (χ1n) is 9.95. The molecule has 0 bridgehead atoms. The van der Waals surface area contributed by atoms with E-state index in [-0.39, 0.29) is 17.7 Å². The van der Waals surface area contributed by atoms with Crippen LogP contribution in [0.2, 0.25) is 0 Å². The highest BCUT2D eigenvalue weighted by Gasteiger charge is 2.26. The normalized spacial score (nSPS) is 15.2. The number of methoxy groups -OCH3 is 1. The Morgan fingerprint density at radius 1 is 1.21 bits per heavy atom. The van der Waals surface area contributed by atoms with Crippen molar-refractivity contribution in [1.82, 2.24) is 5.32 Å². The van der Waals surface area contributed by atoms with Gasteiger partial charge in [-0.15, -0.1) is 0 Å². The van der Waals surface area contributed by atoms with Crippen molar-refractivity contribution in [2.75, 3.05) is 25.6 Å². The Kier molecular flexibility index (Phi) is 6.75. The minimum atomic E-state index is -0.248. The Balaban J connectivity index is 1.66. The molecule has 2 amide bonds.